The highest BCUT2D eigenvalue weighted by atomic mass is 16.5. The standard InChI is InChI=1S/C36H31N5O4/c1-3-41(4-2)32-20-16-30(17-21-32)39-37-28-12-14-29(15-13-28)38-40-31-18-24-34(25-19-31)45-36(43)27-10-22-33(23-11-27)44-35(42)26-8-6-5-7-9-26/h5-25H,3-4H2,1-2H3. The van der Waals surface area contributed by atoms with Crippen LogP contribution in [0.25, 0.3) is 0 Å². The maximum absolute atomic E-state index is 12.6. The Labute approximate surface area is 261 Å². The van der Waals surface area contributed by atoms with Crippen LogP contribution in [0.1, 0.15) is 34.6 Å². The van der Waals surface area contributed by atoms with Gasteiger partial charge in [-0.3, -0.25) is 0 Å². The van der Waals surface area contributed by atoms with Crippen molar-refractivity contribution in [2.24, 2.45) is 20.5 Å². The first kappa shape index (κ1) is 30.5. The zero-order valence-electron chi connectivity index (χ0n) is 24.9. The SMILES string of the molecule is CCN(CC)c1ccc(N=Nc2ccc(N=Nc3ccc(OC(=O)c4ccc(OC(=O)c5ccccc5)cc4)cc3)cc2)cc1. The molecule has 0 heterocycles. The van der Waals surface area contributed by atoms with Crippen molar-refractivity contribution in [1.82, 2.24) is 0 Å². The summed E-state index contributed by atoms with van der Waals surface area (Å²) < 4.78 is 10.8. The van der Waals surface area contributed by atoms with Gasteiger partial charge in [0, 0.05) is 18.8 Å². The molecule has 9 heteroatoms. The minimum Gasteiger partial charge on any atom is -0.423 e. The second-order valence-corrected chi connectivity index (χ2v) is 9.77. The van der Waals surface area contributed by atoms with Crippen LogP contribution in [-0.4, -0.2) is 25.0 Å². The Morgan fingerprint density at radius 3 is 1.27 bits per heavy atom. The lowest BCUT2D eigenvalue weighted by Gasteiger charge is -2.20. The molecule has 0 aromatic heterocycles. The predicted octanol–water partition coefficient (Wildman–Crippen LogP) is 9.80. The molecular weight excluding hydrogens is 566 g/mol. The smallest absolute Gasteiger partial charge is 0.343 e. The number of carbonyl (C=O) groups excluding carboxylic acids is 2. The molecule has 0 amide bonds. The summed E-state index contributed by atoms with van der Waals surface area (Å²) in [6.45, 7) is 6.18. The highest BCUT2D eigenvalue weighted by molar-refractivity contribution is 5.92. The molecule has 0 fully saturated rings. The fourth-order valence-corrected chi connectivity index (χ4v) is 4.28. The van der Waals surface area contributed by atoms with Crippen LogP contribution < -0.4 is 14.4 Å². The second-order valence-electron chi connectivity index (χ2n) is 9.77. The number of rotatable bonds is 11. The van der Waals surface area contributed by atoms with Crippen LogP contribution in [-0.2, 0) is 0 Å². The third kappa shape index (κ3) is 8.55. The van der Waals surface area contributed by atoms with Crippen LogP contribution in [0.2, 0.25) is 0 Å². The van der Waals surface area contributed by atoms with Crippen LogP contribution in [0.15, 0.2) is 148 Å². The number of azo groups is 2. The van der Waals surface area contributed by atoms with Crippen LogP contribution in [0.5, 0.6) is 11.5 Å². The van der Waals surface area contributed by atoms with Gasteiger partial charge in [-0.2, -0.15) is 20.5 Å². The largest absolute Gasteiger partial charge is 0.423 e. The molecule has 0 saturated heterocycles. The molecule has 0 unspecified atom stereocenters. The van der Waals surface area contributed by atoms with E-state index in [1.807, 2.05) is 42.5 Å². The van der Waals surface area contributed by atoms with Crippen molar-refractivity contribution in [2.45, 2.75) is 13.8 Å². The Hall–Kier alpha value is -5.96. The molecule has 224 valence electrons. The van der Waals surface area contributed by atoms with Crippen molar-refractivity contribution in [3.63, 3.8) is 0 Å². The minimum absolute atomic E-state index is 0.314. The monoisotopic (exact) mass is 597 g/mol. The summed E-state index contributed by atoms with van der Waals surface area (Å²) in [5.74, 6) is -0.337. The zero-order chi connectivity index (χ0) is 31.4. The first-order valence-corrected chi connectivity index (χ1v) is 14.5. The van der Waals surface area contributed by atoms with Gasteiger partial charge >= 0.3 is 11.9 Å². The summed E-state index contributed by atoms with van der Waals surface area (Å²) in [6.07, 6.45) is 0. The number of anilines is 1. The van der Waals surface area contributed by atoms with Crippen LogP contribution in [0.3, 0.4) is 0 Å². The average molecular weight is 598 g/mol. The van der Waals surface area contributed by atoms with Gasteiger partial charge in [-0.05, 0) is 123 Å². The van der Waals surface area contributed by atoms with Gasteiger partial charge in [0.1, 0.15) is 11.5 Å². The van der Waals surface area contributed by atoms with Crippen LogP contribution >= 0.6 is 0 Å². The Balaban J connectivity index is 1.11. The molecule has 9 nitrogen and oxygen atoms in total. The highest BCUT2D eigenvalue weighted by Gasteiger charge is 2.11. The summed E-state index contributed by atoms with van der Waals surface area (Å²) in [5, 5.41) is 17.2. The summed E-state index contributed by atoms with van der Waals surface area (Å²) in [4.78, 5) is 27.1. The third-order valence-electron chi connectivity index (χ3n) is 6.75. The van der Waals surface area contributed by atoms with Crippen molar-refractivity contribution in [3.8, 4) is 11.5 Å². The predicted molar refractivity (Wildman–Crippen MR) is 174 cm³/mol. The number of ether oxygens (including phenoxy) is 2. The van der Waals surface area contributed by atoms with E-state index in [1.165, 1.54) is 12.1 Å². The summed E-state index contributed by atoms with van der Waals surface area (Å²) in [6, 6.07) is 36.8. The van der Waals surface area contributed by atoms with E-state index in [0.717, 1.165) is 24.5 Å². The van der Waals surface area contributed by atoms with Crippen molar-refractivity contribution in [1.29, 1.82) is 0 Å². The lowest BCUT2D eigenvalue weighted by molar-refractivity contribution is 0.0730. The van der Waals surface area contributed by atoms with Gasteiger partial charge in [0.05, 0.1) is 33.9 Å². The van der Waals surface area contributed by atoms with E-state index in [-0.39, 0.29) is 0 Å². The fraction of sp³-hybridized carbons (Fsp3) is 0.111. The molecule has 0 spiro atoms. The molecule has 0 bridgehead atoms. The lowest BCUT2D eigenvalue weighted by atomic mass is 10.2. The first-order valence-electron chi connectivity index (χ1n) is 14.5. The number of nitrogens with zero attached hydrogens (tertiary/aromatic N) is 5. The Morgan fingerprint density at radius 2 is 0.844 bits per heavy atom. The van der Waals surface area contributed by atoms with Gasteiger partial charge < -0.3 is 14.4 Å². The molecule has 0 aliphatic carbocycles. The van der Waals surface area contributed by atoms with E-state index in [9.17, 15) is 9.59 Å². The Kier molecular flexibility index (Phi) is 10.1. The second kappa shape index (κ2) is 15.0. The number of benzene rings is 5. The topological polar surface area (TPSA) is 105 Å². The first-order chi connectivity index (χ1) is 22.0. The minimum atomic E-state index is -0.542. The molecule has 5 rings (SSSR count). The summed E-state index contributed by atoms with van der Waals surface area (Å²) in [7, 11) is 0. The molecule has 0 aliphatic rings. The van der Waals surface area contributed by atoms with E-state index >= 15 is 0 Å². The summed E-state index contributed by atoms with van der Waals surface area (Å²) in [5.41, 5.74) is 4.65. The number of hydrogen-bond donors (Lipinski definition) is 0. The molecule has 5 aromatic rings. The molecule has 0 aliphatic heterocycles. The Bertz CT molecular complexity index is 1770. The molecule has 45 heavy (non-hydrogen) atoms. The van der Waals surface area contributed by atoms with Gasteiger partial charge in [0.15, 0.2) is 0 Å². The Morgan fingerprint density at radius 1 is 0.489 bits per heavy atom. The quantitative estimate of drug-likeness (QED) is 0.0856. The number of hydrogen-bond acceptors (Lipinski definition) is 9. The van der Waals surface area contributed by atoms with Crippen molar-refractivity contribution in [2.75, 3.05) is 18.0 Å². The molecule has 0 N–H and O–H groups in total. The van der Waals surface area contributed by atoms with E-state index in [4.69, 9.17) is 9.47 Å². The molecule has 0 saturated carbocycles. The van der Waals surface area contributed by atoms with E-state index < -0.39 is 11.9 Å². The zero-order valence-corrected chi connectivity index (χ0v) is 24.9. The summed E-state index contributed by atoms with van der Waals surface area (Å²) >= 11 is 0. The highest BCUT2D eigenvalue weighted by Crippen LogP contribution is 2.26. The maximum Gasteiger partial charge on any atom is 0.343 e. The fourth-order valence-electron chi connectivity index (χ4n) is 4.28. The molecular formula is C36H31N5O4. The van der Waals surface area contributed by atoms with Crippen molar-refractivity contribution in [3.05, 3.63) is 139 Å². The third-order valence-corrected chi connectivity index (χ3v) is 6.75. The number of carbonyl (C=O) groups is 2. The van der Waals surface area contributed by atoms with Gasteiger partial charge in [-0.15, -0.1) is 0 Å². The number of esters is 2. The normalized spacial score (nSPS) is 11.1. The van der Waals surface area contributed by atoms with E-state index in [1.54, 1.807) is 60.7 Å². The maximum atomic E-state index is 12.6. The lowest BCUT2D eigenvalue weighted by Crippen LogP contribution is -2.21. The van der Waals surface area contributed by atoms with E-state index in [2.05, 4.69) is 51.3 Å². The molecule has 5 aromatic carbocycles. The van der Waals surface area contributed by atoms with E-state index in [0.29, 0.717) is 39.7 Å². The van der Waals surface area contributed by atoms with Crippen LogP contribution in [0.4, 0.5) is 28.4 Å². The van der Waals surface area contributed by atoms with Gasteiger partial charge in [-0.25, -0.2) is 9.59 Å². The van der Waals surface area contributed by atoms with Gasteiger partial charge in [0.25, 0.3) is 0 Å². The van der Waals surface area contributed by atoms with Gasteiger partial charge in [0.2, 0.25) is 0 Å². The molecule has 0 atom stereocenters. The van der Waals surface area contributed by atoms with Crippen molar-refractivity contribution >= 4 is 40.4 Å². The van der Waals surface area contributed by atoms with Gasteiger partial charge in [-0.1, -0.05) is 18.2 Å². The average Bonchev–Trinajstić information content (AvgIpc) is 3.09. The van der Waals surface area contributed by atoms with Crippen molar-refractivity contribution < 1.29 is 19.1 Å². The van der Waals surface area contributed by atoms with Crippen LogP contribution in [0, 0.1) is 0 Å². The molecule has 0 radical (unpaired) electrons.